The highest BCUT2D eigenvalue weighted by Gasteiger charge is 2.11. The average molecular weight is 278 g/mol. The lowest BCUT2D eigenvalue weighted by Crippen LogP contribution is -2.28. The monoisotopic (exact) mass is 278 g/mol. The number of nitrogens with two attached hydrogens (primary N) is 1. The predicted molar refractivity (Wildman–Crippen MR) is 86.7 cm³/mol. The normalized spacial score (nSPS) is 12.8. The molecule has 1 atom stereocenters. The Bertz CT molecular complexity index is 360. The molecule has 3 heteroatoms. The van der Waals surface area contributed by atoms with Crippen molar-refractivity contribution in [3.8, 4) is 0 Å². The Balaban J connectivity index is 2.44. The van der Waals surface area contributed by atoms with E-state index in [2.05, 4.69) is 18.7 Å². The molecule has 0 saturated heterocycles. The zero-order valence-electron chi connectivity index (χ0n) is 13.0. The third-order valence-electron chi connectivity index (χ3n) is 3.67. The second-order valence-electron chi connectivity index (χ2n) is 5.52. The van der Waals surface area contributed by atoms with Crippen molar-refractivity contribution < 1.29 is 5.11 Å². The summed E-state index contributed by atoms with van der Waals surface area (Å²) in [5.74, 6) is 0. The van der Waals surface area contributed by atoms with Gasteiger partial charge in [0.15, 0.2) is 0 Å². The molecule has 0 bridgehead atoms. The standard InChI is InChI=1S/C17H30N2O/c1-3-5-11-19(12-6-4-2)13-10-17(20)15-8-7-9-16(18)14-15/h7-9,14,17,20H,3-6,10-13,18H2,1-2H3. The Hall–Kier alpha value is -1.06. The largest absolute Gasteiger partial charge is 0.399 e. The summed E-state index contributed by atoms with van der Waals surface area (Å²) in [5.41, 5.74) is 7.41. The number of hydrogen-bond donors (Lipinski definition) is 2. The van der Waals surface area contributed by atoms with Gasteiger partial charge < -0.3 is 15.7 Å². The number of benzene rings is 1. The van der Waals surface area contributed by atoms with E-state index in [9.17, 15) is 5.11 Å². The molecular weight excluding hydrogens is 248 g/mol. The number of aliphatic hydroxyl groups excluding tert-OH is 1. The molecule has 0 saturated carbocycles. The molecule has 1 aromatic carbocycles. The third kappa shape index (κ3) is 6.40. The molecule has 3 N–H and O–H groups in total. The van der Waals surface area contributed by atoms with Gasteiger partial charge in [0.05, 0.1) is 6.10 Å². The fourth-order valence-electron chi connectivity index (χ4n) is 2.34. The number of aliphatic hydroxyl groups is 1. The lowest BCUT2D eigenvalue weighted by Gasteiger charge is -2.23. The highest BCUT2D eigenvalue weighted by atomic mass is 16.3. The first-order chi connectivity index (χ1) is 9.67. The smallest absolute Gasteiger partial charge is 0.0803 e. The van der Waals surface area contributed by atoms with Gasteiger partial charge in [0, 0.05) is 12.2 Å². The number of anilines is 1. The Morgan fingerprint density at radius 1 is 1.10 bits per heavy atom. The Kier molecular flexibility index (Phi) is 8.31. The number of rotatable bonds is 10. The summed E-state index contributed by atoms with van der Waals surface area (Å²) in [6.45, 7) is 7.68. The first kappa shape index (κ1) is 17.0. The maximum atomic E-state index is 10.3. The first-order valence-electron chi connectivity index (χ1n) is 7.93. The molecule has 1 unspecified atom stereocenters. The van der Waals surface area contributed by atoms with E-state index in [1.807, 2.05) is 24.3 Å². The van der Waals surface area contributed by atoms with Crippen LogP contribution in [-0.2, 0) is 0 Å². The van der Waals surface area contributed by atoms with Crippen molar-refractivity contribution >= 4 is 5.69 Å². The van der Waals surface area contributed by atoms with E-state index in [4.69, 9.17) is 5.73 Å². The van der Waals surface area contributed by atoms with Crippen LogP contribution >= 0.6 is 0 Å². The zero-order valence-corrected chi connectivity index (χ0v) is 13.0. The van der Waals surface area contributed by atoms with E-state index in [-0.39, 0.29) is 0 Å². The Labute approximate surface area is 123 Å². The fourth-order valence-corrected chi connectivity index (χ4v) is 2.34. The van der Waals surface area contributed by atoms with Gasteiger partial charge in [-0.25, -0.2) is 0 Å². The van der Waals surface area contributed by atoms with Crippen LogP contribution in [0.4, 0.5) is 5.69 Å². The van der Waals surface area contributed by atoms with E-state index in [0.29, 0.717) is 0 Å². The molecule has 20 heavy (non-hydrogen) atoms. The lowest BCUT2D eigenvalue weighted by atomic mass is 10.1. The molecular formula is C17H30N2O. The van der Waals surface area contributed by atoms with Crippen LogP contribution in [0.25, 0.3) is 0 Å². The average Bonchev–Trinajstić information content (AvgIpc) is 2.46. The SMILES string of the molecule is CCCCN(CCCC)CCC(O)c1cccc(N)c1. The van der Waals surface area contributed by atoms with Crippen molar-refractivity contribution in [2.75, 3.05) is 25.4 Å². The summed E-state index contributed by atoms with van der Waals surface area (Å²) in [6.07, 6.45) is 5.28. The topological polar surface area (TPSA) is 49.5 Å². The van der Waals surface area contributed by atoms with Crippen molar-refractivity contribution in [3.63, 3.8) is 0 Å². The second-order valence-corrected chi connectivity index (χ2v) is 5.52. The summed E-state index contributed by atoms with van der Waals surface area (Å²) < 4.78 is 0. The number of hydrogen-bond acceptors (Lipinski definition) is 3. The molecule has 0 fully saturated rings. The molecule has 0 radical (unpaired) electrons. The van der Waals surface area contributed by atoms with Gasteiger partial charge in [0.2, 0.25) is 0 Å². The van der Waals surface area contributed by atoms with Gasteiger partial charge in [-0.05, 0) is 50.0 Å². The van der Waals surface area contributed by atoms with Gasteiger partial charge in [-0.15, -0.1) is 0 Å². The number of unbranched alkanes of at least 4 members (excludes halogenated alkanes) is 2. The third-order valence-corrected chi connectivity index (χ3v) is 3.67. The molecule has 0 spiro atoms. The van der Waals surface area contributed by atoms with Crippen molar-refractivity contribution in [1.29, 1.82) is 0 Å². The number of nitrogen functional groups attached to an aromatic ring is 1. The summed E-state index contributed by atoms with van der Waals surface area (Å²) in [7, 11) is 0. The molecule has 0 aromatic heterocycles. The van der Waals surface area contributed by atoms with E-state index < -0.39 is 6.10 Å². The maximum absolute atomic E-state index is 10.3. The quantitative estimate of drug-likeness (QED) is 0.643. The lowest BCUT2D eigenvalue weighted by molar-refractivity contribution is 0.140. The summed E-state index contributed by atoms with van der Waals surface area (Å²) >= 11 is 0. The van der Waals surface area contributed by atoms with Crippen LogP contribution in [0.15, 0.2) is 24.3 Å². The van der Waals surface area contributed by atoms with Crippen LogP contribution in [0.2, 0.25) is 0 Å². The summed E-state index contributed by atoms with van der Waals surface area (Å²) in [5, 5.41) is 10.3. The first-order valence-corrected chi connectivity index (χ1v) is 7.93. The van der Waals surface area contributed by atoms with Crippen LogP contribution in [-0.4, -0.2) is 29.6 Å². The van der Waals surface area contributed by atoms with E-state index in [1.54, 1.807) is 0 Å². The van der Waals surface area contributed by atoms with Crippen molar-refractivity contribution in [3.05, 3.63) is 29.8 Å². The second kappa shape index (κ2) is 9.78. The molecule has 0 aliphatic carbocycles. The van der Waals surface area contributed by atoms with Crippen LogP contribution in [0.3, 0.4) is 0 Å². The molecule has 0 heterocycles. The number of nitrogens with zero attached hydrogens (tertiary/aromatic N) is 1. The van der Waals surface area contributed by atoms with Crippen LogP contribution in [0.1, 0.15) is 57.6 Å². The molecule has 1 rings (SSSR count). The molecule has 0 aliphatic heterocycles. The zero-order chi connectivity index (χ0) is 14.8. The minimum atomic E-state index is -0.413. The van der Waals surface area contributed by atoms with Gasteiger partial charge in [0.25, 0.3) is 0 Å². The summed E-state index contributed by atoms with van der Waals surface area (Å²) in [4.78, 5) is 2.47. The molecule has 3 nitrogen and oxygen atoms in total. The molecule has 0 amide bonds. The van der Waals surface area contributed by atoms with Crippen LogP contribution in [0.5, 0.6) is 0 Å². The maximum Gasteiger partial charge on any atom is 0.0803 e. The Morgan fingerprint density at radius 2 is 1.75 bits per heavy atom. The van der Waals surface area contributed by atoms with E-state index in [1.165, 1.54) is 25.7 Å². The van der Waals surface area contributed by atoms with E-state index in [0.717, 1.165) is 37.3 Å². The molecule has 114 valence electrons. The minimum Gasteiger partial charge on any atom is -0.399 e. The van der Waals surface area contributed by atoms with Gasteiger partial charge in [-0.2, -0.15) is 0 Å². The molecule has 0 aliphatic rings. The fraction of sp³-hybridized carbons (Fsp3) is 0.647. The van der Waals surface area contributed by atoms with Crippen molar-refractivity contribution in [1.82, 2.24) is 4.90 Å². The van der Waals surface area contributed by atoms with Gasteiger partial charge in [-0.1, -0.05) is 38.8 Å². The minimum absolute atomic E-state index is 0.413. The highest BCUT2D eigenvalue weighted by molar-refractivity contribution is 5.41. The van der Waals surface area contributed by atoms with E-state index >= 15 is 0 Å². The van der Waals surface area contributed by atoms with Gasteiger partial charge in [0.1, 0.15) is 0 Å². The van der Waals surface area contributed by atoms with Crippen molar-refractivity contribution in [2.45, 2.75) is 52.1 Å². The molecule has 1 aromatic rings. The summed E-state index contributed by atoms with van der Waals surface area (Å²) in [6, 6.07) is 7.57. The van der Waals surface area contributed by atoms with Crippen LogP contribution < -0.4 is 5.73 Å². The van der Waals surface area contributed by atoms with Crippen molar-refractivity contribution in [2.24, 2.45) is 0 Å². The Morgan fingerprint density at radius 3 is 2.30 bits per heavy atom. The highest BCUT2D eigenvalue weighted by Crippen LogP contribution is 2.19. The van der Waals surface area contributed by atoms with Gasteiger partial charge >= 0.3 is 0 Å². The van der Waals surface area contributed by atoms with Crippen LogP contribution in [0, 0.1) is 0 Å². The predicted octanol–water partition coefficient (Wildman–Crippen LogP) is 3.59. The van der Waals surface area contributed by atoms with Gasteiger partial charge in [-0.3, -0.25) is 0 Å².